The highest BCUT2D eigenvalue weighted by molar-refractivity contribution is 5.73. The molecule has 7 heteroatoms. The van der Waals surface area contributed by atoms with Crippen LogP contribution in [0.15, 0.2) is 30.3 Å². The zero-order valence-electron chi connectivity index (χ0n) is 21.4. The van der Waals surface area contributed by atoms with E-state index in [0.717, 1.165) is 68.0 Å². The Morgan fingerprint density at radius 2 is 1.91 bits per heavy atom. The van der Waals surface area contributed by atoms with Crippen LogP contribution in [0.5, 0.6) is 0 Å². The largest absolute Gasteiger partial charge is 0.466 e. The minimum Gasteiger partial charge on any atom is -0.466 e. The smallest absolute Gasteiger partial charge is 0.309 e. The summed E-state index contributed by atoms with van der Waals surface area (Å²) in [7, 11) is 0. The van der Waals surface area contributed by atoms with Gasteiger partial charge in [-0.1, -0.05) is 26.0 Å². The van der Waals surface area contributed by atoms with Crippen LogP contribution in [0.4, 0.5) is 5.69 Å². The lowest BCUT2D eigenvalue weighted by molar-refractivity contribution is -0.148. The van der Waals surface area contributed by atoms with Crippen LogP contribution in [-0.4, -0.2) is 45.6 Å². The summed E-state index contributed by atoms with van der Waals surface area (Å²) in [5.41, 5.74) is 8.34. The van der Waals surface area contributed by atoms with E-state index >= 15 is 0 Å². The third-order valence-electron chi connectivity index (χ3n) is 7.64. The number of piperidine rings is 1. The molecule has 7 nitrogen and oxygen atoms in total. The van der Waals surface area contributed by atoms with Gasteiger partial charge in [-0.2, -0.15) is 10.2 Å². The molecule has 0 spiro atoms. The van der Waals surface area contributed by atoms with Gasteiger partial charge in [-0.25, -0.2) is 0 Å². The molecule has 1 fully saturated rings. The Kier molecular flexibility index (Phi) is 6.43. The van der Waals surface area contributed by atoms with Crippen molar-refractivity contribution in [2.45, 2.75) is 66.3 Å². The molecule has 0 amide bonds. The first-order valence-corrected chi connectivity index (χ1v) is 13.0. The second-order valence-electron chi connectivity index (χ2n) is 10.7. The number of ether oxygens (including phenoxy) is 1. The third-order valence-corrected chi connectivity index (χ3v) is 7.64. The molecule has 2 aromatic heterocycles. The minimum absolute atomic E-state index is 0.0287. The summed E-state index contributed by atoms with van der Waals surface area (Å²) in [6.07, 6.45) is 5.00. The molecule has 0 saturated carbocycles. The molecule has 1 aromatic carbocycles. The van der Waals surface area contributed by atoms with Crippen molar-refractivity contribution < 1.29 is 9.53 Å². The molecule has 1 N–H and O–H groups in total. The van der Waals surface area contributed by atoms with E-state index in [1.807, 2.05) is 6.92 Å². The van der Waals surface area contributed by atoms with Crippen LogP contribution < -0.4 is 4.90 Å². The first-order valence-electron chi connectivity index (χ1n) is 13.0. The van der Waals surface area contributed by atoms with Crippen molar-refractivity contribution in [3.63, 3.8) is 0 Å². The molecule has 35 heavy (non-hydrogen) atoms. The number of nitrogens with one attached hydrogen (secondary N) is 1. The van der Waals surface area contributed by atoms with E-state index in [4.69, 9.17) is 9.84 Å². The standard InChI is InChI=1S/C28H37N5O2/c1-5-33-25-18-28(3,4)14-11-22(25)26(31-33)24-17-23(29-30-24)19-7-9-21(10-8-19)32-15-12-20(13-16-32)27(34)35-6-2/h7-10,17,20H,5-6,11-16,18H2,1-4H3,(H,29,30). The average molecular weight is 476 g/mol. The molecule has 2 aliphatic rings. The first-order chi connectivity index (χ1) is 16.9. The summed E-state index contributed by atoms with van der Waals surface area (Å²) >= 11 is 0. The van der Waals surface area contributed by atoms with Crippen molar-refractivity contribution in [1.29, 1.82) is 0 Å². The molecule has 1 saturated heterocycles. The van der Waals surface area contributed by atoms with E-state index in [0.29, 0.717) is 12.0 Å². The maximum Gasteiger partial charge on any atom is 0.309 e. The van der Waals surface area contributed by atoms with Gasteiger partial charge in [0.05, 0.1) is 23.9 Å². The number of hydrogen-bond donors (Lipinski definition) is 1. The van der Waals surface area contributed by atoms with Gasteiger partial charge in [0, 0.05) is 42.1 Å². The van der Waals surface area contributed by atoms with Crippen molar-refractivity contribution >= 4 is 11.7 Å². The lowest BCUT2D eigenvalue weighted by atomic mass is 9.76. The van der Waals surface area contributed by atoms with E-state index in [1.165, 1.54) is 23.4 Å². The molecule has 0 bridgehead atoms. The van der Waals surface area contributed by atoms with E-state index in [2.05, 4.69) is 70.9 Å². The maximum atomic E-state index is 12.0. The SMILES string of the molecule is CCOC(=O)C1CCN(c2ccc(-c3cc(-c4nn(CC)c5c4CCC(C)(C)C5)[nH]n3)cc2)CC1. The fourth-order valence-corrected chi connectivity index (χ4v) is 5.55. The molecular formula is C28H37N5O2. The first kappa shape index (κ1) is 23.6. The molecular weight excluding hydrogens is 438 g/mol. The number of carbonyl (C=O) groups is 1. The normalized spacial score (nSPS) is 17.9. The zero-order chi connectivity index (χ0) is 24.6. The lowest BCUT2D eigenvalue weighted by Gasteiger charge is -2.32. The zero-order valence-corrected chi connectivity index (χ0v) is 21.4. The van der Waals surface area contributed by atoms with Gasteiger partial charge < -0.3 is 9.64 Å². The predicted octanol–water partition coefficient (Wildman–Crippen LogP) is 5.25. The van der Waals surface area contributed by atoms with Crippen LogP contribution >= 0.6 is 0 Å². The van der Waals surface area contributed by atoms with Crippen LogP contribution in [0, 0.1) is 11.3 Å². The Morgan fingerprint density at radius 1 is 1.17 bits per heavy atom. The fourth-order valence-electron chi connectivity index (χ4n) is 5.55. The number of anilines is 1. The molecule has 0 unspecified atom stereocenters. The second-order valence-corrected chi connectivity index (χ2v) is 10.7. The van der Waals surface area contributed by atoms with E-state index in [1.54, 1.807) is 0 Å². The predicted molar refractivity (Wildman–Crippen MR) is 138 cm³/mol. The Hall–Kier alpha value is -3.09. The number of nitrogens with zero attached hydrogens (tertiary/aromatic N) is 4. The molecule has 1 aliphatic carbocycles. The van der Waals surface area contributed by atoms with Gasteiger partial charge in [-0.15, -0.1) is 0 Å². The second kappa shape index (κ2) is 9.51. The van der Waals surface area contributed by atoms with Crippen LogP contribution in [0.25, 0.3) is 22.6 Å². The number of H-pyrrole nitrogens is 1. The van der Waals surface area contributed by atoms with Crippen LogP contribution in [0.3, 0.4) is 0 Å². The fraction of sp³-hybridized carbons (Fsp3) is 0.536. The summed E-state index contributed by atoms with van der Waals surface area (Å²) in [6, 6.07) is 10.7. The van der Waals surface area contributed by atoms with Crippen LogP contribution in [0.2, 0.25) is 0 Å². The summed E-state index contributed by atoms with van der Waals surface area (Å²) in [4.78, 5) is 14.4. The van der Waals surface area contributed by atoms with Gasteiger partial charge in [0.25, 0.3) is 0 Å². The van der Waals surface area contributed by atoms with E-state index in [-0.39, 0.29) is 11.9 Å². The number of fused-ring (bicyclic) bond motifs is 1. The third kappa shape index (κ3) is 4.73. The number of benzene rings is 1. The Bertz CT molecular complexity index is 1180. The monoisotopic (exact) mass is 475 g/mol. The summed E-state index contributed by atoms with van der Waals surface area (Å²) < 4.78 is 7.37. The van der Waals surface area contributed by atoms with E-state index in [9.17, 15) is 4.79 Å². The number of aromatic nitrogens is 4. The number of aryl methyl sites for hydroxylation is 1. The van der Waals surface area contributed by atoms with Crippen molar-refractivity contribution in [2.75, 3.05) is 24.6 Å². The number of hydrogen-bond acceptors (Lipinski definition) is 5. The van der Waals surface area contributed by atoms with Gasteiger partial charge in [0.2, 0.25) is 0 Å². The van der Waals surface area contributed by atoms with Gasteiger partial charge in [0.1, 0.15) is 5.69 Å². The maximum absolute atomic E-state index is 12.0. The van der Waals surface area contributed by atoms with Gasteiger partial charge in [0.15, 0.2) is 0 Å². The number of aromatic amines is 1. The van der Waals surface area contributed by atoms with Crippen molar-refractivity contribution in [1.82, 2.24) is 20.0 Å². The minimum atomic E-state index is -0.0504. The molecule has 186 valence electrons. The molecule has 0 radical (unpaired) electrons. The number of esters is 1. The van der Waals surface area contributed by atoms with Crippen molar-refractivity contribution in [3.8, 4) is 22.6 Å². The highest BCUT2D eigenvalue weighted by Crippen LogP contribution is 2.39. The quantitative estimate of drug-likeness (QED) is 0.493. The lowest BCUT2D eigenvalue weighted by Crippen LogP contribution is -2.36. The van der Waals surface area contributed by atoms with E-state index < -0.39 is 0 Å². The molecule has 3 aromatic rings. The van der Waals surface area contributed by atoms with Gasteiger partial charge in [-0.05, 0) is 69.6 Å². The Balaban J connectivity index is 1.30. The topological polar surface area (TPSA) is 76.0 Å². The van der Waals surface area contributed by atoms with Gasteiger partial charge in [-0.3, -0.25) is 14.6 Å². The van der Waals surface area contributed by atoms with Crippen LogP contribution in [0.1, 0.15) is 58.2 Å². The summed E-state index contributed by atoms with van der Waals surface area (Å²) in [6.45, 7) is 11.8. The molecule has 5 rings (SSSR count). The Labute approximate surface area is 207 Å². The summed E-state index contributed by atoms with van der Waals surface area (Å²) in [5.74, 6) is -0.0217. The summed E-state index contributed by atoms with van der Waals surface area (Å²) in [5, 5.41) is 12.8. The number of carbonyl (C=O) groups excluding carboxylic acids is 1. The molecule has 3 heterocycles. The van der Waals surface area contributed by atoms with Gasteiger partial charge >= 0.3 is 5.97 Å². The number of rotatable bonds is 6. The molecule has 1 aliphatic heterocycles. The average Bonchev–Trinajstić information content (AvgIpc) is 3.48. The highest BCUT2D eigenvalue weighted by atomic mass is 16.5. The van der Waals surface area contributed by atoms with Crippen molar-refractivity contribution in [2.24, 2.45) is 11.3 Å². The Morgan fingerprint density at radius 3 is 2.60 bits per heavy atom. The van der Waals surface area contributed by atoms with Crippen molar-refractivity contribution in [3.05, 3.63) is 41.6 Å². The highest BCUT2D eigenvalue weighted by Gasteiger charge is 2.31. The van der Waals surface area contributed by atoms with Crippen LogP contribution in [-0.2, 0) is 28.9 Å². The molecule has 0 atom stereocenters.